The molecule has 3 aromatic carbocycles. The predicted octanol–water partition coefficient (Wildman–Crippen LogP) is 4.86. The molecule has 1 unspecified atom stereocenters. The van der Waals surface area contributed by atoms with Gasteiger partial charge in [0.1, 0.15) is 0 Å². The molecule has 0 bridgehead atoms. The first-order valence-electron chi connectivity index (χ1n) is 10.5. The van der Waals surface area contributed by atoms with E-state index in [9.17, 15) is 5.11 Å². The van der Waals surface area contributed by atoms with Crippen LogP contribution in [0.25, 0.3) is 0 Å². The third-order valence-electron chi connectivity index (χ3n) is 5.33. The summed E-state index contributed by atoms with van der Waals surface area (Å²) in [5.41, 5.74) is 1.28. The molecule has 1 atom stereocenters. The number of aliphatic hydroxyl groups is 1. The van der Waals surface area contributed by atoms with Crippen LogP contribution in [-0.4, -0.2) is 31.9 Å². The van der Waals surface area contributed by atoms with E-state index in [0.717, 1.165) is 5.75 Å². The van der Waals surface area contributed by atoms with Crippen molar-refractivity contribution in [3.05, 3.63) is 96.6 Å². The second-order valence-corrected chi connectivity index (χ2v) is 14.0. The number of benzene rings is 3. The van der Waals surface area contributed by atoms with Crippen LogP contribution in [0.15, 0.2) is 91.0 Å². The Labute approximate surface area is 186 Å². The molecule has 30 heavy (non-hydrogen) atoms. The van der Waals surface area contributed by atoms with Gasteiger partial charge in [-0.3, -0.25) is 0 Å². The zero-order valence-electron chi connectivity index (χ0n) is 18.1. The Hall–Kier alpha value is -1.85. The highest BCUT2D eigenvalue weighted by atomic mass is 32.2. The van der Waals surface area contributed by atoms with Gasteiger partial charge in [0.05, 0.1) is 12.7 Å². The maximum Gasteiger partial charge on any atom is 0.261 e. The first kappa shape index (κ1) is 22.8. The lowest BCUT2D eigenvalue weighted by atomic mass is 10.2. The van der Waals surface area contributed by atoms with Gasteiger partial charge in [-0.1, -0.05) is 112 Å². The molecule has 3 rings (SSSR count). The van der Waals surface area contributed by atoms with Crippen molar-refractivity contribution < 1.29 is 9.53 Å². The lowest BCUT2D eigenvalue weighted by molar-refractivity contribution is 0.121. The van der Waals surface area contributed by atoms with Crippen molar-refractivity contribution in [3.8, 4) is 0 Å². The van der Waals surface area contributed by atoms with E-state index in [4.69, 9.17) is 4.43 Å². The minimum atomic E-state index is -2.58. The molecule has 0 heterocycles. The van der Waals surface area contributed by atoms with Crippen LogP contribution in [0.2, 0.25) is 5.04 Å². The van der Waals surface area contributed by atoms with Crippen molar-refractivity contribution in [2.45, 2.75) is 37.7 Å². The minimum Gasteiger partial charge on any atom is -0.405 e. The van der Waals surface area contributed by atoms with E-state index >= 15 is 0 Å². The molecule has 0 fully saturated rings. The topological polar surface area (TPSA) is 29.5 Å². The average Bonchev–Trinajstić information content (AvgIpc) is 2.75. The fraction of sp³-hybridized carbons (Fsp3) is 0.308. The van der Waals surface area contributed by atoms with Crippen LogP contribution in [0.5, 0.6) is 0 Å². The summed E-state index contributed by atoms with van der Waals surface area (Å²) in [5.74, 6) is 1.56. The maximum atomic E-state index is 10.7. The van der Waals surface area contributed by atoms with Gasteiger partial charge in [0.15, 0.2) is 0 Å². The first-order valence-corrected chi connectivity index (χ1v) is 13.5. The molecule has 158 valence electrons. The van der Waals surface area contributed by atoms with Crippen LogP contribution in [-0.2, 0) is 10.2 Å². The molecule has 0 radical (unpaired) electrons. The Kier molecular flexibility index (Phi) is 7.95. The van der Waals surface area contributed by atoms with E-state index < -0.39 is 14.4 Å². The third-order valence-corrected chi connectivity index (χ3v) is 11.5. The van der Waals surface area contributed by atoms with Crippen LogP contribution < -0.4 is 10.4 Å². The molecule has 0 amide bonds. The number of rotatable bonds is 9. The third kappa shape index (κ3) is 5.44. The highest BCUT2D eigenvalue weighted by molar-refractivity contribution is 7.98. The standard InChI is InChI=1S/C26H32O2SSi/c1-26(2,3)30(24-15-9-5-10-16-24,25-17-11-6-12-18-25)28-19-23(27)21-29-20-22-13-7-4-8-14-22/h4-18,23,27H,19-21H2,1-3H3. The van der Waals surface area contributed by atoms with Gasteiger partial charge >= 0.3 is 0 Å². The summed E-state index contributed by atoms with van der Waals surface area (Å²) in [7, 11) is -2.58. The summed E-state index contributed by atoms with van der Waals surface area (Å²) in [6.45, 7) is 7.12. The Bertz CT molecular complexity index is 840. The van der Waals surface area contributed by atoms with Crippen molar-refractivity contribution in [3.63, 3.8) is 0 Å². The number of hydrogen-bond acceptors (Lipinski definition) is 3. The molecule has 3 aromatic rings. The molecule has 1 N–H and O–H groups in total. The Balaban J connectivity index is 1.77. The minimum absolute atomic E-state index is 0.0768. The predicted molar refractivity (Wildman–Crippen MR) is 132 cm³/mol. The van der Waals surface area contributed by atoms with E-state index in [1.165, 1.54) is 15.9 Å². The molecule has 0 aliphatic carbocycles. The fourth-order valence-corrected chi connectivity index (χ4v) is 9.43. The monoisotopic (exact) mass is 436 g/mol. The van der Waals surface area contributed by atoms with Gasteiger partial charge in [0.25, 0.3) is 8.32 Å². The summed E-state index contributed by atoms with van der Waals surface area (Å²) < 4.78 is 6.81. The Morgan fingerprint density at radius 3 is 1.73 bits per heavy atom. The van der Waals surface area contributed by atoms with Gasteiger partial charge in [-0.25, -0.2) is 0 Å². The van der Waals surface area contributed by atoms with E-state index in [-0.39, 0.29) is 5.04 Å². The molecule has 0 saturated heterocycles. The van der Waals surface area contributed by atoms with Gasteiger partial charge in [0.2, 0.25) is 0 Å². The fourth-order valence-electron chi connectivity index (χ4n) is 3.92. The largest absolute Gasteiger partial charge is 0.405 e. The number of thioether (sulfide) groups is 1. The van der Waals surface area contributed by atoms with Crippen molar-refractivity contribution in [2.24, 2.45) is 0 Å². The van der Waals surface area contributed by atoms with Crippen molar-refractivity contribution in [1.82, 2.24) is 0 Å². The lowest BCUT2D eigenvalue weighted by Gasteiger charge is -2.43. The van der Waals surface area contributed by atoms with Crippen LogP contribution in [0.1, 0.15) is 26.3 Å². The van der Waals surface area contributed by atoms with Gasteiger partial charge in [-0.2, -0.15) is 11.8 Å². The molecule has 2 nitrogen and oxygen atoms in total. The van der Waals surface area contributed by atoms with E-state index in [1.54, 1.807) is 11.8 Å². The van der Waals surface area contributed by atoms with Crippen LogP contribution >= 0.6 is 11.8 Å². The zero-order chi connectivity index (χ0) is 21.5. The molecule has 0 aromatic heterocycles. The second-order valence-electron chi connectivity index (χ2n) is 8.63. The number of aliphatic hydroxyl groups excluding tert-OH is 1. The molecule has 0 aliphatic heterocycles. The first-order chi connectivity index (χ1) is 14.4. The van der Waals surface area contributed by atoms with E-state index in [2.05, 4.69) is 93.6 Å². The molecule has 4 heteroatoms. The van der Waals surface area contributed by atoms with Crippen LogP contribution in [0.3, 0.4) is 0 Å². The van der Waals surface area contributed by atoms with Gasteiger partial charge in [-0.15, -0.1) is 0 Å². The quantitative estimate of drug-likeness (QED) is 0.486. The zero-order valence-corrected chi connectivity index (χ0v) is 19.9. The van der Waals surface area contributed by atoms with Crippen molar-refractivity contribution in [1.29, 1.82) is 0 Å². The van der Waals surface area contributed by atoms with Crippen molar-refractivity contribution >= 4 is 30.5 Å². The average molecular weight is 437 g/mol. The summed E-state index contributed by atoms with van der Waals surface area (Å²) in [5, 5.41) is 13.1. The van der Waals surface area contributed by atoms with Crippen molar-refractivity contribution in [2.75, 3.05) is 12.4 Å². The second kappa shape index (κ2) is 10.4. The highest BCUT2D eigenvalue weighted by Gasteiger charge is 2.50. The SMILES string of the molecule is CC(C)(C)[Si](OCC(O)CSCc1ccccc1)(c1ccccc1)c1ccccc1. The van der Waals surface area contributed by atoms with Gasteiger partial charge in [0, 0.05) is 11.5 Å². The summed E-state index contributed by atoms with van der Waals surface area (Å²) in [4.78, 5) is 0. The Morgan fingerprint density at radius 2 is 1.27 bits per heavy atom. The molecule has 0 saturated carbocycles. The van der Waals surface area contributed by atoms with Gasteiger partial charge < -0.3 is 9.53 Å². The molecule has 0 aliphatic rings. The highest BCUT2D eigenvalue weighted by Crippen LogP contribution is 2.36. The normalized spacial score (nSPS) is 13.2. The van der Waals surface area contributed by atoms with Crippen LogP contribution in [0.4, 0.5) is 0 Å². The molecule has 0 spiro atoms. The molecular weight excluding hydrogens is 404 g/mol. The van der Waals surface area contributed by atoms with Gasteiger partial charge in [-0.05, 0) is 21.0 Å². The summed E-state index contributed by atoms with van der Waals surface area (Å²) in [6, 6.07) is 31.5. The maximum absolute atomic E-state index is 10.7. The summed E-state index contributed by atoms with van der Waals surface area (Å²) >= 11 is 1.75. The number of hydrogen-bond donors (Lipinski definition) is 1. The smallest absolute Gasteiger partial charge is 0.261 e. The lowest BCUT2D eigenvalue weighted by Crippen LogP contribution is -2.67. The van der Waals surface area contributed by atoms with E-state index in [0.29, 0.717) is 12.4 Å². The molecular formula is C26H32O2SSi. The summed E-state index contributed by atoms with van der Waals surface area (Å²) in [6.07, 6.45) is -0.500. The van der Waals surface area contributed by atoms with Crippen LogP contribution in [0, 0.1) is 0 Å². The Morgan fingerprint density at radius 1 is 0.800 bits per heavy atom. The van der Waals surface area contributed by atoms with E-state index in [1.807, 2.05) is 18.2 Å².